The zero-order valence-corrected chi connectivity index (χ0v) is 16.4. The molecule has 0 radical (unpaired) electrons. The van der Waals surface area contributed by atoms with Gasteiger partial charge >= 0.3 is 0 Å². The number of aromatic hydroxyl groups is 1. The lowest BCUT2D eigenvalue weighted by Gasteiger charge is -2.53. The van der Waals surface area contributed by atoms with Gasteiger partial charge in [-0.15, -0.1) is 0 Å². The summed E-state index contributed by atoms with van der Waals surface area (Å²) in [5.74, 6) is -1.07. The molecule has 1 aliphatic heterocycles. The second kappa shape index (κ2) is 6.50. The maximum atomic E-state index is 12.4. The van der Waals surface area contributed by atoms with Crippen LogP contribution in [0.4, 0.5) is 0 Å². The zero-order valence-electron chi connectivity index (χ0n) is 16.4. The van der Waals surface area contributed by atoms with Crippen LogP contribution in [0.3, 0.4) is 0 Å². The predicted molar refractivity (Wildman–Crippen MR) is 97.9 cm³/mol. The molecule has 0 unspecified atom stereocenters. The number of nitrogens with one attached hydrogen (secondary N) is 1. The monoisotopic (exact) mass is 362 g/mol. The van der Waals surface area contributed by atoms with Gasteiger partial charge in [0.2, 0.25) is 0 Å². The van der Waals surface area contributed by atoms with Crippen molar-refractivity contribution < 1.29 is 19.4 Å². The molecule has 1 amide bonds. The molecular formula is C20H30N2O4. The second-order valence-electron chi connectivity index (χ2n) is 9.39. The molecule has 144 valence electrons. The van der Waals surface area contributed by atoms with Crippen LogP contribution in [0, 0.1) is 17.8 Å². The van der Waals surface area contributed by atoms with Crippen molar-refractivity contribution in [3.05, 3.63) is 23.5 Å². The molecule has 1 spiro atoms. The molecule has 1 saturated heterocycles. The first-order chi connectivity index (χ1) is 12.0. The Morgan fingerprint density at radius 2 is 1.73 bits per heavy atom. The van der Waals surface area contributed by atoms with Crippen LogP contribution in [0.25, 0.3) is 0 Å². The van der Waals surface area contributed by atoms with Gasteiger partial charge in [0.15, 0.2) is 11.5 Å². The molecule has 2 aliphatic rings. The molecule has 0 aromatic carbocycles. The first-order valence-electron chi connectivity index (χ1n) is 9.24. The fourth-order valence-corrected chi connectivity index (χ4v) is 4.79. The van der Waals surface area contributed by atoms with E-state index in [1.807, 2.05) is 0 Å². The molecule has 6 nitrogen and oxygen atoms in total. The molecule has 1 aliphatic carbocycles. The average Bonchev–Trinajstić information content (AvgIpc) is 2.49. The van der Waals surface area contributed by atoms with Crippen LogP contribution in [0.1, 0.15) is 63.0 Å². The Labute approximate surface area is 155 Å². The van der Waals surface area contributed by atoms with E-state index in [0.29, 0.717) is 18.8 Å². The summed E-state index contributed by atoms with van der Waals surface area (Å²) < 4.78 is 12.3. The molecule has 2 N–H and O–H groups in total. The Hall–Kier alpha value is -1.66. The molecule has 1 saturated carbocycles. The van der Waals surface area contributed by atoms with Crippen molar-refractivity contribution in [1.82, 2.24) is 10.3 Å². The van der Waals surface area contributed by atoms with Gasteiger partial charge in [0.1, 0.15) is 5.75 Å². The van der Waals surface area contributed by atoms with E-state index in [1.54, 1.807) is 13.0 Å². The Balaban J connectivity index is 1.64. The van der Waals surface area contributed by atoms with Crippen LogP contribution < -0.4 is 5.32 Å². The lowest BCUT2D eigenvalue weighted by Crippen LogP contribution is -2.57. The van der Waals surface area contributed by atoms with Crippen LogP contribution in [-0.4, -0.2) is 41.0 Å². The first-order valence-corrected chi connectivity index (χ1v) is 9.24. The van der Waals surface area contributed by atoms with Gasteiger partial charge < -0.3 is 19.9 Å². The van der Waals surface area contributed by atoms with Crippen LogP contribution in [0.5, 0.6) is 5.75 Å². The lowest BCUT2D eigenvalue weighted by molar-refractivity contribution is -0.312. The smallest absolute Gasteiger partial charge is 0.274 e. The van der Waals surface area contributed by atoms with Gasteiger partial charge in [-0.1, -0.05) is 27.7 Å². The third-order valence-corrected chi connectivity index (χ3v) is 5.22. The summed E-state index contributed by atoms with van der Waals surface area (Å²) in [7, 11) is 0. The summed E-state index contributed by atoms with van der Waals surface area (Å²) in [5, 5.41) is 12.9. The molecule has 1 aromatic heterocycles. The van der Waals surface area contributed by atoms with Gasteiger partial charge in [0.05, 0.1) is 19.3 Å². The van der Waals surface area contributed by atoms with E-state index in [-0.39, 0.29) is 28.3 Å². The Morgan fingerprint density at radius 3 is 2.31 bits per heavy atom. The molecule has 2 heterocycles. The average molecular weight is 362 g/mol. The SMILES string of the molecule is Cc1ccnc(C(=O)NC2COC3(CC(C)(C)CC(C)(C)C3)OC2)c1O. The van der Waals surface area contributed by atoms with E-state index < -0.39 is 11.7 Å². The number of ether oxygens (including phenoxy) is 2. The number of hydrogen-bond acceptors (Lipinski definition) is 5. The number of aryl methyl sites for hydroxylation is 1. The van der Waals surface area contributed by atoms with Crippen molar-refractivity contribution >= 4 is 5.91 Å². The molecule has 0 atom stereocenters. The van der Waals surface area contributed by atoms with E-state index in [4.69, 9.17) is 9.47 Å². The Kier molecular flexibility index (Phi) is 4.78. The van der Waals surface area contributed by atoms with Crippen LogP contribution in [0.2, 0.25) is 0 Å². The van der Waals surface area contributed by atoms with E-state index in [9.17, 15) is 9.90 Å². The van der Waals surface area contributed by atoms with Gasteiger partial charge in [-0.05, 0) is 35.8 Å². The summed E-state index contributed by atoms with van der Waals surface area (Å²) in [6.45, 7) is 11.5. The molecule has 2 fully saturated rings. The van der Waals surface area contributed by atoms with Gasteiger partial charge in [0, 0.05) is 19.0 Å². The number of aromatic nitrogens is 1. The minimum absolute atomic E-state index is 0.0326. The topological polar surface area (TPSA) is 80.7 Å². The van der Waals surface area contributed by atoms with Crippen molar-refractivity contribution in [1.29, 1.82) is 0 Å². The zero-order chi connectivity index (χ0) is 19.2. The summed E-state index contributed by atoms with van der Waals surface area (Å²) in [5.41, 5.74) is 0.946. The summed E-state index contributed by atoms with van der Waals surface area (Å²) in [4.78, 5) is 16.4. The first kappa shape index (κ1) is 19.1. The largest absolute Gasteiger partial charge is 0.505 e. The number of rotatable bonds is 2. The number of amides is 1. The Morgan fingerprint density at radius 1 is 1.15 bits per heavy atom. The second-order valence-corrected chi connectivity index (χ2v) is 9.39. The van der Waals surface area contributed by atoms with Gasteiger partial charge in [-0.2, -0.15) is 0 Å². The lowest BCUT2D eigenvalue weighted by atomic mass is 9.63. The molecular weight excluding hydrogens is 332 g/mol. The fourth-order valence-electron chi connectivity index (χ4n) is 4.79. The van der Waals surface area contributed by atoms with Crippen LogP contribution >= 0.6 is 0 Å². The fraction of sp³-hybridized carbons (Fsp3) is 0.700. The maximum absolute atomic E-state index is 12.4. The van der Waals surface area contributed by atoms with Crippen LogP contribution in [0.15, 0.2) is 12.3 Å². The third kappa shape index (κ3) is 4.01. The highest BCUT2D eigenvalue weighted by Crippen LogP contribution is 2.52. The molecule has 1 aromatic rings. The number of pyridine rings is 1. The van der Waals surface area contributed by atoms with Gasteiger partial charge in [-0.25, -0.2) is 4.98 Å². The normalized spacial score (nSPS) is 24.3. The maximum Gasteiger partial charge on any atom is 0.274 e. The summed E-state index contributed by atoms with van der Waals surface area (Å²) in [6.07, 6.45) is 4.35. The number of hydrogen-bond donors (Lipinski definition) is 2. The third-order valence-electron chi connectivity index (χ3n) is 5.22. The highest BCUT2D eigenvalue weighted by Gasteiger charge is 2.51. The van der Waals surface area contributed by atoms with Crippen molar-refractivity contribution in [2.75, 3.05) is 13.2 Å². The quantitative estimate of drug-likeness (QED) is 0.845. The van der Waals surface area contributed by atoms with E-state index in [2.05, 4.69) is 38.0 Å². The van der Waals surface area contributed by atoms with Gasteiger partial charge in [-0.3, -0.25) is 4.79 Å². The minimum atomic E-state index is -0.573. The molecule has 3 rings (SSSR count). The minimum Gasteiger partial charge on any atom is -0.505 e. The highest BCUT2D eigenvalue weighted by molar-refractivity contribution is 5.95. The van der Waals surface area contributed by atoms with Crippen molar-refractivity contribution in [2.45, 2.75) is 65.7 Å². The molecule has 26 heavy (non-hydrogen) atoms. The molecule has 0 bridgehead atoms. The standard InChI is InChI=1S/C20H30N2O4/c1-13-6-7-21-15(16(13)23)17(24)22-14-8-25-20(26-9-14)11-18(2,3)10-19(4,5)12-20/h6-7,14,23H,8-12H2,1-5H3,(H,22,24). The summed E-state index contributed by atoms with van der Waals surface area (Å²) in [6, 6.07) is 1.40. The highest BCUT2D eigenvalue weighted by atomic mass is 16.7. The summed E-state index contributed by atoms with van der Waals surface area (Å²) >= 11 is 0. The number of carbonyl (C=O) groups is 1. The van der Waals surface area contributed by atoms with Crippen molar-refractivity contribution in [3.63, 3.8) is 0 Å². The van der Waals surface area contributed by atoms with Crippen molar-refractivity contribution in [2.24, 2.45) is 10.8 Å². The number of nitrogens with zero attached hydrogens (tertiary/aromatic N) is 1. The molecule has 6 heteroatoms. The van der Waals surface area contributed by atoms with E-state index in [0.717, 1.165) is 19.3 Å². The van der Waals surface area contributed by atoms with E-state index >= 15 is 0 Å². The van der Waals surface area contributed by atoms with E-state index in [1.165, 1.54) is 6.20 Å². The predicted octanol–water partition coefficient (Wildman–Crippen LogP) is 3.17. The van der Waals surface area contributed by atoms with Gasteiger partial charge in [0.25, 0.3) is 5.91 Å². The van der Waals surface area contributed by atoms with Crippen molar-refractivity contribution in [3.8, 4) is 5.75 Å². The number of carbonyl (C=O) groups excluding carboxylic acids is 1. The van der Waals surface area contributed by atoms with Crippen LogP contribution in [-0.2, 0) is 9.47 Å². The Bertz CT molecular complexity index is 673.